The predicted molar refractivity (Wildman–Crippen MR) is 82.0 cm³/mol. The van der Waals surface area contributed by atoms with Crippen molar-refractivity contribution in [1.29, 1.82) is 0 Å². The summed E-state index contributed by atoms with van der Waals surface area (Å²) in [5, 5.41) is 14.0. The monoisotopic (exact) mass is 342 g/mol. The zero-order valence-electron chi connectivity index (χ0n) is 11.4. The fraction of sp³-hybridized carbons (Fsp3) is 0.429. The standard InChI is InChI=1S/C14H19BrN2O3/c1-10-6-5-7-11(13(10)15)17-14(20)16-9-4-2-3-8-12(18)19/h5-7H,2-4,8-9H2,1H3,(H,18,19)(H2,16,17,20). The minimum absolute atomic E-state index is 0.183. The zero-order chi connectivity index (χ0) is 15.0. The lowest BCUT2D eigenvalue weighted by atomic mass is 10.2. The first-order valence-corrected chi connectivity index (χ1v) is 7.31. The van der Waals surface area contributed by atoms with Gasteiger partial charge in [0, 0.05) is 17.4 Å². The summed E-state index contributed by atoms with van der Waals surface area (Å²) in [5.41, 5.74) is 1.78. The van der Waals surface area contributed by atoms with Crippen molar-refractivity contribution in [3.8, 4) is 0 Å². The second-order valence-electron chi connectivity index (χ2n) is 4.52. The van der Waals surface area contributed by atoms with E-state index in [1.54, 1.807) is 0 Å². The molecule has 0 aliphatic carbocycles. The van der Waals surface area contributed by atoms with Crippen LogP contribution in [0.15, 0.2) is 22.7 Å². The molecular formula is C14H19BrN2O3. The third kappa shape index (κ3) is 6.06. The number of carbonyl (C=O) groups excluding carboxylic acids is 1. The number of rotatable bonds is 7. The van der Waals surface area contributed by atoms with E-state index in [1.165, 1.54) is 0 Å². The molecule has 0 aliphatic heterocycles. The number of aliphatic carboxylic acids is 1. The molecule has 3 N–H and O–H groups in total. The molecule has 110 valence electrons. The number of carboxylic acid groups (broad SMARTS) is 1. The maximum absolute atomic E-state index is 11.7. The SMILES string of the molecule is Cc1cccc(NC(=O)NCCCCCC(=O)O)c1Br. The lowest BCUT2D eigenvalue weighted by Crippen LogP contribution is -2.29. The van der Waals surface area contributed by atoms with Gasteiger partial charge in [-0.05, 0) is 47.3 Å². The lowest BCUT2D eigenvalue weighted by molar-refractivity contribution is -0.137. The Balaban J connectivity index is 2.24. The molecule has 0 saturated heterocycles. The Kier molecular flexibility index (Phi) is 7.08. The van der Waals surface area contributed by atoms with Crippen LogP contribution in [0.4, 0.5) is 10.5 Å². The van der Waals surface area contributed by atoms with E-state index in [4.69, 9.17) is 5.11 Å². The van der Waals surface area contributed by atoms with Crippen LogP contribution in [0.25, 0.3) is 0 Å². The topological polar surface area (TPSA) is 78.4 Å². The summed E-state index contributed by atoms with van der Waals surface area (Å²) in [6.07, 6.45) is 2.39. The van der Waals surface area contributed by atoms with Crippen LogP contribution in [-0.4, -0.2) is 23.7 Å². The van der Waals surface area contributed by atoms with Gasteiger partial charge < -0.3 is 15.7 Å². The first kappa shape index (κ1) is 16.5. The van der Waals surface area contributed by atoms with Gasteiger partial charge in [-0.25, -0.2) is 4.79 Å². The highest BCUT2D eigenvalue weighted by Crippen LogP contribution is 2.25. The Morgan fingerprint density at radius 2 is 2.00 bits per heavy atom. The van der Waals surface area contributed by atoms with Crippen molar-refractivity contribution in [2.24, 2.45) is 0 Å². The number of hydrogen-bond acceptors (Lipinski definition) is 2. The third-order valence-electron chi connectivity index (χ3n) is 2.79. The van der Waals surface area contributed by atoms with Crippen molar-refractivity contribution in [2.45, 2.75) is 32.6 Å². The van der Waals surface area contributed by atoms with Gasteiger partial charge in [0.1, 0.15) is 0 Å². The Bertz CT molecular complexity index is 477. The molecule has 1 aromatic carbocycles. The van der Waals surface area contributed by atoms with Crippen LogP contribution >= 0.6 is 15.9 Å². The number of hydrogen-bond donors (Lipinski definition) is 3. The molecule has 0 aliphatic rings. The van der Waals surface area contributed by atoms with Crippen molar-refractivity contribution >= 4 is 33.6 Å². The number of urea groups is 1. The first-order valence-electron chi connectivity index (χ1n) is 6.52. The number of halogens is 1. The van der Waals surface area contributed by atoms with E-state index in [0.717, 1.165) is 28.6 Å². The Labute approximate surface area is 126 Å². The van der Waals surface area contributed by atoms with Crippen LogP contribution in [0.1, 0.15) is 31.2 Å². The summed E-state index contributed by atoms with van der Waals surface area (Å²) in [4.78, 5) is 22.0. The number of nitrogens with one attached hydrogen (secondary N) is 2. The maximum atomic E-state index is 11.7. The second kappa shape index (κ2) is 8.58. The van der Waals surface area contributed by atoms with Gasteiger partial charge in [-0.3, -0.25) is 4.79 Å². The van der Waals surface area contributed by atoms with E-state index >= 15 is 0 Å². The molecule has 0 unspecified atom stereocenters. The van der Waals surface area contributed by atoms with Crippen molar-refractivity contribution in [2.75, 3.05) is 11.9 Å². The quantitative estimate of drug-likeness (QED) is 0.663. The maximum Gasteiger partial charge on any atom is 0.319 e. The van der Waals surface area contributed by atoms with E-state index in [2.05, 4.69) is 26.6 Å². The van der Waals surface area contributed by atoms with Gasteiger partial charge in [0.05, 0.1) is 5.69 Å². The summed E-state index contributed by atoms with van der Waals surface area (Å²) >= 11 is 3.43. The molecule has 1 rings (SSSR count). The van der Waals surface area contributed by atoms with Crippen LogP contribution in [0.2, 0.25) is 0 Å². The van der Waals surface area contributed by atoms with Crippen molar-refractivity contribution < 1.29 is 14.7 Å². The number of amides is 2. The molecule has 0 heterocycles. The first-order chi connectivity index (χ1) is 9.50. The van der Waals surface area contributed by atoms with E-state index in [-0.39, 0.29) is 12.5 Å². The molecule has 2 amide bonds. The van der Waals surface area contributed by atoms with E-state index in [1.807, 2.05) is 25.1 Å². The highest BCUT2D eigenvalue weighted by molar-refractivity contribution is 9.10. The van der Waals surface area contributed by atoms with Crippen LogP contribution in [0, 0.1) is 6.92 Å². The Morgan fingerprint density at radius 1 is 1.25 bits per heavy atom. The summed E-state index contributed by atoms with van der Waals surface area (Å²) in [6, 6.07) is 5.40. The zero-order valence-corrected chi connectivity index (χ0v) is 13.0. The van der Waals surface area contributed by atoms with Gasteiger partial charge in [0.2, 0.25) is 0 Å². The number of unbranched alkanes of at least 4 members (excludes halogenated alkanes) is 2. The number of aryl methyl sites for hydroxylation is 1. The van der Waals surface area contributed by atoms with Crippen LogP contribution in [0.5, 0.6) is 0 Å². The van der Waals surface area contributed by atoms with Crippen molar-refractivity contribution in [3.05, 3.63) is 28.2 Å². The molecule has 0 spiro atoms. The minimum Gasteiger partial charge on any atom is -0.481 e. The summed E-state index contributed by atoms with van der Waals surface area (Å²) in [5.74, 6) is -0.778. The largest absolute Gasteiger partial charge is 0.481 e. The highest BCUT2D eigenvalue weighted by atomic mass is 79.9. The summed E-state index contributed by atoms with van der Waals surface area (Å²) in [6.45, 7) is 2.49. The molecule has 0 atom stereocenters. The van der Waals surface area contributed by atoms with Crippen LogP contribution in [0.3, 0.4) is 0 Å². The average molecular weight is 343 g/mol. The molecule has 6 heteroatoms. The smallest absolute Gasteiger partial charge is 0.319 e. The molecule has 1 aromatic rings. The fourth-order valence-corrected chi connectivity index (χ4v) is 2.05. The minimum atomic E-state index is -0.778. The summed E-state index contributed by atoms with van der Waals surface area (Å²) in [7, 11) is 0. The van der Waals surface area contributed by atoms with Crippen molar-refractivity contribution in [3.63, 3.8) is 0 Å². The van der Waals surface area contributed by atoms with Crippen molar-refractivity contribution in [1.82, 2.24) is 5.32 Å². The van der Waals surface area contributed by atoms with Gasteiger partial charge in [0.15, 0.2) is 0 Å². The fourth-order valence-electron chi connectivity index (χ4n) is 1.69. The van der Waals surface area contributed by atoms with Crippen LogP contribution < -0.4 is 10.6 Å². The molecule has 0 aromatic heterocycles. The van der Waals surface area contributed by atoms with Crippen LogP contribution in [-0.2, 0) is 4.79 Å². The number of anilines is 1. The molecule has 0 bridgehead atoms. The molecule has 0 fully saturated rings. The number of carbonyl (C=O) groups is 2. The number of carboxylic acids is 1. The molecule has 5 nitrogen and oxygen atoms in total. The predicted octanol–water partition coefficient (Wildman–Crippen LogP) is 3.52. The van der Waals surface area contributed by atoms with E-state index in [9.17, 15) is 9.59 Å². The lowest BCUT2D eigenvalue weighted by Gasteiger charge is -2.10. The van der Waals surface area contributed by atoms with Gasteiger partial charge in [-0.2, -0.15) is 0 Å². The third-order valence-corrected chi connectivity index (χ3v) is 3.85. The Morgan fingerprint density at radius 3 is 2.70 bits per heavy atom. The summed E-state index contributed by atoms with van der Waals surface area (Å²) < 4.78 is 0.872. The number of benzene rings is 1. The van der Waals surface area contributed by atoms with Gasteiger partial charge in [-0.1, -0.05) is 18.6 Å². The van der Waals surface area contributed by atoms with Gasteiger partial charge in [0.25, 0.3) is 0 Å². The molecule has 0 saturated carbocycles. The highest BCUT2D eigenvalue weighted by Gasteiger charge is 2.06. The normalized spacial score (nSPS) is 10.1. The molecule has 20 heavy (non-hydrogen) atoms. The van der Waals surface area contributed by atoms with Gasteiger partial charge in [-0.15, -0.1) is 0 Å². The molecule has 0 radical (unpaired) electrons. The average Bonchev–Trinajstić information content (AvgIpc) is 2.39. The van der Waals surface area contributed by atoms with Gasteiger partial charge >= 0.3 is 12.0 Å². The Hall–Kier alpha value is -1.56. The second-order valence-corrected chi connectivity index (χ2v) is 5.31. The van der Waals surface area contributed by atoms with E-state index < -0.39 is 5.97 Å². The molecular weight excluding hydrogens is 324 g/mol. The van der Waals surface area contributed by atoms with E-state index in [0.29, 0.717) is 13.0 Å².